The average Bonchev–Trinajstić information content (AvgIpc) is 3.80. The first-order valence-electron chi connectivity index (χ1n) is 22.3. The third kappa shape index (κ3) is 8.63. The summed E-state index contributed by atoms with van der Waals surface area (Å²) in [5.74, 6) is -1.72. The molecule has 4 saturated heterocycles. The molecule has 12 heteroatoms. The maximum atomic E-state index is 15.6. The molecule has 12 nitrogen and oxygen atoms in total. The van der Waals surface area contributed by atoms with Crippen molar-refractivity contribution in [2.75, 3.05) is 20.2 Å². The van der Waals surface area contributed by atoms with Gasteiger partial charge in [0.2, 0.25) is 11.8 Å². The van der Waals surface area contributed by atoms with Crippen LogP contribution < -0.4 is 5.32 Å². The number of carbonyl (C=O) groups is 3. The third-order valence-electron chi connectivity index (χ3n) is 13.6. The number of carbonyl (C=O) groups excluding carboxylic acids is 3. The van der Waals surface area contributed by atoms with Gasteiger partial charge in [-0.2, -0.15) is 5.06 Å². The van der Waals surface area contributed by atoms with E-state index in [4.69, 9.17) is 23.8 Å². The number of unbranched alkanes of at least 4 members (excludes halogenated alkanes) is 4. The number of nitrogens with one attached hydrogen (secondary N) is 1. The fraction of sp³-hybridized carbons (Fsp3) is 0.638. The number of amides is 2. The van der Waals surface area contributed by atoms with E-state index in [-0.39, 0.29) is 38.4 Å². The second-order valence-electron chi connectivity index (χ2n) is 17.7. The number of hydroxylamine groups is 2. The topological polar surface area (TPSA) is 139 Å². The van der Waals surface area contributed by atoms with Crippen LogP contribution in [0, 0.1) is 11.3 Å². The van der Waals surface area contributed by atoms with E-state index in [0.29, 0.717) is 31.0 Å². The summed E-state index contributed by atoms with van der Waals surface area (Å²) in [7, 11) is 1.64. The van der Waals surface area contributed by atoms with Crippen molar-refractivity contribution in [3.05, 3.63) is 77.4 Å². The number of nitrogens with zero attached hydrogens (tertiary/aromatic N) is 2. The normalized spacial score (nSPS) is 32.0. The highest BCUT2D eigenvalue weighted by Gasteiger charge is 2.76. The minimum Gasteiger partial charge on any atom is -0.458 e. The van der Waals surface area contributed by atoms with Gasteiger partial charge in [0.05, 0.1) is 25.4 Å². The van der Waals surface area contributed by atoms with Crippen LogP contribution >= 0.6 is 0 Å². The highest BCUT2D eigenvalue weighted by atomic mass is 16.8. The molecule has 0 aromatic heterocycles. The van der Waals surface area contributed by atoms with Gasteiger partial charge in [-0.15, -0.1) is 0 Å². The molecular weight excluding hydrogens is 751 g/mol. The summed E-state index contributed by atoms with van der Waals surface area (Å²) < 4.78 is 26.1. The summed E-state index contributed by atoms with van der Waals surface area (Å²) in [6, 6.07) is 15.7. The summed E-state index contributed by atoms with van der Waals surface area (Å²) in [5, 5.41) is 14.0. The number of allylic oxidation sites excluding steroid dienone is 1. The molecule has 2 aliphatic carbocycles. The Morgan fingerprint density at radius 1 is 0.949 bits per heavy atom. The van der Waals surface area contributed by atoms with E-state index in [0.717, 1.165) is 74.5 Å². The Labute approximate surface area is 348 Å². The molecule has 2 aromatic rings. The molecule has 6 fully saturated rings. The number of fused-ring (bicyclic) bond motifs is 5. The lowest BCUT2D eigenvalue weighted by Crippen LogP contribution is -2.70. The predicted octanol–water partition coefficient (Wildman–Crippen LogP) is 5.89. The summed E-state index contributed by atoms with van der Waals surface area (Å²) >= 11 is 0. The van der Waals surface area contributed by atoms with Crippen molar-refractivity contribution >= 4 is 23.9 Å². The van der Waals surface area contributed by atoms with Crippen molar-refractivity contribution in [2.24, 2.45) is 11.3 Å². The minimum atomic E-state index is -1.43. The van der Waals surface area contributed by atoms with E-state index in [1.807, 2.05) is 42.5 Å². The Bertz CT molecular complexity index is 1810. The van der Waals surface area contributed by atoms with E-state index in [9.17, 15) is 14.7 Å². The second-order valence-corrected chi connectivity index (χ2v) is 17.7. The highest BCUT2D eigenvalue weighted by molar-refractivity contribution is 5.96. The van der Waals surface area contributed by atoms with Gasteiger partial charge in [-0.1, -0.05) is 106 Å². The van der Waals surface area contributed by atoms with Crippen LogP contribution in [-0.4, -0.2) is 108 Å². The predicted molar refractivity (Wildman–Crippen MR) is 220 cm³/mol. The van der Waals surface area contributed by atoms with Crippen molar-refractivity contribution in [3.8, 4) is 0 Å². The van der Waals surface area contributed by atoms with Crippen LogP contribution in [0.3, 0.4) is 0 Å². The van der Waals surface area contributed by atoms with Crippen molar-refractivity contribution in [2.45, 2.75) is 158 Å². The fourth-order valence-corrected chi connectivity index (χ4v) is 10.5. The second kappa shape index (κ2) is 18.1. The molecule has 2 amide bonds. The maximum absolute atomic E-state index is 15.6. The van der Waals surface area contributed by atoms with Gasteiger partial charge in [0.25, 0.3) is 0 Å². The Balaban J connectivity index is 1.13. The smallest absolute Gasteiger partial charge is 0.327 e. The minimum absolute atomic E-state index is 0.0468. The lowest BCUT2D eigenvalue weighted by Gasteiger charge is -2.50. The first-order chi connectivity index (χ1) is 28.7. The van der Waals surface area contributed by atoms with Crippen molar-refractivity contribution < 1.29 is 43.3 Å². The van der Waals surface area contributed by atoms with Gasteiger partial charge in [0.15, 0.2) is 11.8 Å². The van der Waals surface area contributed by atoms with Crippen molar-refractivity contribution in [3.63, 3.8) is 0 Å². The zero-order valence-electron chi connectivity index (χ0n) is 35.0. The molecule has 0 radical (unpaired) electrons. The number of likely N-dealkylation sites (N-methyl/N-ethyl adjacent to an activating group) is 1. The molecule has 4 aliphatic heterocycles. The van der Waals surface area contributed by atoms with E-state index in [1.165, 1.54) is 4.90 Å². The number of aliphatic hydroxyl groups is 1. The van der Waals surface area contributed by atoms with Crippen LogP contribution in [-0.2, 0) is 51.1 Å². The number of ether oxygens (including phenoxy) is 4. The number of aliphatic hydroxyl groups excluding tert-OH is 1. The van der Waals surface area contributed by atoms with Gasteiger partial charge < -0.3 is 34.3 Å². The number of hydrogen-bond donors (Lipinski definition) is 2. The standard InChI is InChI=1S/C47H63N3O9/c1-4-6-11-22-46(23-12-7-5-2)57-39-38-29-47(45(54)49(3)35(43(52)48-24-25-51)27-31-14-9-8-10-15-31)41(44(53)56-38)50(59-42(47)40(39)58-46)30-34-17-13-16-32(26-34)18-19-33-20-21-36-37(28-33)55-36/h8-10,13-19,26,33,35-42,51H,4-7,11-12,20-25,27-30H2,1-3H3,(H,48,52)/t33?,35-,36?,37?,38-,39+,40+,41+,42-,47+/m1/s1. The molecule has 2 aromatic carbocycles. The van der Waals surface area contributed by atoms with Gasteiger partial charge in [-0.05, 0) is 54.7 Å². The molecule has 10 atom stereocenters. The molecular formula is C47H63N3O9. The Morgan fingerprint density at radius 3 is 2.42 bits per heavy atom. The quantitative estimate of drug-likeness (QED) is 0.100. The SMILES string of the molecule is CCCCCC1(CCCCC)O[C@@H]2[C@H](O1)[C@H]1ON(Cc3cccc(C=CC4CCC5OC5C4)c3)[C@H]3C(=O)O[C@@H]2C[C@@]13C(=O)N(C)[C@H](Cc1ccccc1)C(=O)NCCO. The zero-order valence-corrected chi connectivity index (χ0v) is 35.0. The number of hydrogen-bond acceptors (Lipinski definition) is 10. The first kappa shape index (κ1) is 42.1. The van der Waals surface area contributed by atoms with Crippen molar-refractivity contribution in [1.29, 1.82) is 0 Å². The maximum Gasteiger partial charge on any atom is 0.327 e. The largest absolute Gasteiger partial charge is 0.458 e. The fourth-order valence-electron chi connectivity index (χ4n) is 10.5. The molecule has 0 spiro atoms. The number of rotatable bonds is 19. The number of esters is 1. The van der Waals surface area contributed by atoms with Crippen LogP contribution in [0.2, 0.25) is 0 Å². The number of epoxide rings is 1. The van der Waals surface area contributed by atoms with Crippen LogP contribution in [0.25, 0.3) is 6.08 Å². The molecule has 2 N–H and O–H groups in total. The van der Waals surface area contributed by atoms with Gasteiger partial charge in [-0.3, -0.25) is 19.2 Å². The molecule has 6 aliphatic rings. The summed E-state index contributed by atoms with van der Waals surface area (Å²) in [6.07, 6.45) is 13.5. The first-order valence-corrected chi connectivity index (χ1v) is 22.3. The third-order valence-corrected chi connectivity index (χ3v) is 13.6. The molecule has 4 heterocycles. The van der Waals surface area contributed by atoms with E-state index in [1.54, 1.807) is 12.1 Å². The monoisotopic (exact) mass is 813 g/mol. The summed E-state index contributed by atoms with van der Waals surface area (Å²) in [6.45, 7) is 4.38. The van der Waals surface area contributed by atoms with Gasteiger partial charge >= 0.3 is 5.97 Å². The van der Waals surface area contributed by atoms with Crippen LogP contribution in [0.15, 0.2) is 60.7 Å². The van der Waals surface area contributed by atoms with Gasteiger partial charge in [-0.25, -0.2) is 0 Å². The molecule has 2 saturated carbocycles. The average molecular weight is 814 g/mol. The van der Waals surface area contributed by atoms with Gasteiger partial charge in [0.1, 0.15) is 35.9 Å². The van der Waals surface area contributed by atoms with E-state index >= 15 is 4.79 Å². The van der Waals surface area contributed by atoms with Crippen LogP contribution in [0.1, 0.15) is 108 Å². The number of benzene rings is 2. The van der Waals surface area contributed by atoms with Crippen molar-refractivity contribution in [1.82, 2.24) is 15.3 Å². The molecule has 8 rings (SSSR count). The Morgan fingerprint density at radius 2 is 1.69 bits per heavy atom. The van der Waals surface area contributed by atoms with Crippen LogP contribution in [0.5, 0.6) is 0 Å². The summed E-state index contributed by atoms with van der Waals surface area (Å²) in [4.78, 5) is 52.5. The molecule has 2 bridgehead atoms. The summed E-state index contributed by atoms with van der Waals surface area (Å²) in [5.41, 5.74) is 1.40. The lowest BCUT2D eigenvalue weighted by atomic mass is 9.62. The van der Waals surface area contributed by atoms with E-state index in [2.05, 4.69) is 43.4 Å². The lowest BCUT2D eigenvalue weighted by molar-refractivity contribution is -0.225. The zero-order chi connectivity index (χ0) is 41.1. The van der Waals surface area contributed by atoms with Gasteiger partial charge in [0, 0.05) is 39.3 Å². The molecule has 59 heavy (non-hydrogen) atoms. The molecule has 3 unspecified atom stereocenters. The van der Waals surface area contributed by atoms with E-state index < -0.39 is 59.6 Å². The Hall–Kier alpha value is -3.65. The Kier molecular flexibility index (Phi) is 12.9. The molecule has 320 valence electrons. The highest BCUT2D eigenvalue weighted by Crippen LogP contribution is 2.58. The van der Waals surface area contributed by atoms with Crippen LogP contribution in [0.4, 0.5) is 0 Å².